The molecule has 9 heteroatoms. The number of anilines is 2. The lowest BCUT2D eigenvalue weighted by Gasteiger charge is -2.60. The van der Waals surface area contributed by atoms with Crippen molar-refractivity contribution >= 4 is 28.8 Å². The molecule has 148 valence electrons. The Balaban J connectivity index is 1.20. The molecule has 1 aromatic carbocycles. The highest BCUT2D eigenvalue weighted by Crippen LogP contribution is 2.41. The van der Waals surface area contributed by atoms with Gasteiger partial charge in [0.05, 0.1) is 6.20 Å². The van der Waals surface area contributed by atoms with Gasteiger partial charge in [-0.3, -0.25) is 9.59 Å². The normalized spacial score (nSPS) is 17.1. The van der Waals surface area contributed by atoms with Gasteiger partial charge < -0.3 is 20.2 Å². The molecule has 0 unspecified atom stereocenters. The molecule has 2 saturated heterocycles. The molecule has 0 atom stereocenters. The predicted molar refractivity (Wildman–Crippen MR) is 106 cm³/mol. The molecule has 4 heterocycles. The second-order valence-electron chi connectivity index (χ2n) is 7.71. The number of nitrogens with one attached hydrogen (secondary N) is 1. The zero-order chi connectivity index (χ0) is 20.0. The average Bonchev–Trinajstić information content (AvgIpc) is 3.11. The number of carbonyl (C=O) groups excluding carboxylic acids is 2. The van der Waals surface area contributed by atoms with Gasteiger partial charge in [-0.2, -0.15) is 5.10 Å². The molecule has 2 amide bonds. The largest absolute Gasteiger partial charge is 0.387 e. The molecule has 0 bridgehead atoms. The third kappa shape index (κ3) is 2.99. The number of amides is 2. The van der Waals surface area contributed by atoms with E-state index in [-0.39, 0.29) is 17.2 Å². The summed E-state index contributed by atoms with van der Waals surface area (Å²) in [5, 5.41) is 15.9. The van der Waals surface area contributed by atoms with Crippen LogP contribution in [0.25, 0.3) is 5.65 Å². The van der Waals surface area contributed by atoms with E-state index in [4.69, 9.17) is 5.11 Å². The maximum absolute atomic E-state index is 12.6. The lowest BCUT2D eigenvalue weighted by atomic mass is 9.72. The summed E-state index contributed by atoms with van der Waals surface area (Å²) in [6, 6.07) is 9.46. The molecule has 1 spiro atoms. The summed E-state index contributed by atoms with van der Waals surface area (Å²) in [5.74, 6) is -0.451. The first-order chi connectivity index (χ1) is 14.1. The Morgan fingerprint density at radius 1 is 1.14 bits per heavy atom. The SMILES string of the molecule is O=C(Nc1ccc(N2CC3(CN(C(=O)CO)C3)C2)cc1)c1cnn2cccnc12. The molecule has 0 saturated carbocycles. The highest BCUT2D eigenvalue weighted by atomic mass is 16.3. The summed E-state index contributed by atoms with van der Waals surface area (Å²) in [6.07, 6.45) is 4.88. The van der Waals surface area contributed by atoms with E-state index >= 15 is 0 Å². The van der Waals surface area contributed by atoms with Crippen LogP contribution in [0.5, 0.6) is 0 Å². The van der Waals surface area contributed by atoms with Crippen LogP contribution >= 0.6 is 0 Å². The van der Waals surface area contributed by atoms with E-state index in [0.29, 0.717) is 30.0 Å². The van der Waals surface area contributed by atoms with E-state index in [1.165, 1.54) is 6.20 Å². The summed E-state index contributed by atoms with van der Waals surface area (Å²) in [5.41, 5.74) is 2.88. The first kappa shape index (κ1) is 17.6. The minimum Gasteiger partial charge on any atom is -0.387 e. The highest BCUT2D eigenvalue weighted by molar-refractivity contribution is 6.08. The van der Waals surface area contributed by atoms with Gasteiger partial charge in [0.2, 0.25) is 5.91 Å². The van der Waals surface area contributed by atoms with E-state index in [0.717, 1.165) is 18.8 Å². The van der Waals surface area contributed by atoms with Crippen LogP contribution < -0.4 is 10.2 Å². The molecule has 2 aliphatic heterocycles. The van der Waals surface area contributed by atoms with Crippen molar-refractivity contribution in [2.45, 2.75) is 0 Å². The molecular formula is C20H20N6O3. The summed E-state index contributed by atoms with van der Waals surface area (Å²) in [6.45, 7) is 2.79. The summed E-state index contributed by atoms with van der Waals surface area (Å²) < 4.78 is 1.56. The van der Waals surface area contributed by atoms with Crippen LogP contribution in [-0.4, -0.2) is 69.2 Å². The number of likely N-dealkylation sites (tertiary alicyclic amines) is 1. The maximum Gasteiger partial charge on any atom is 0.261 e. The van der Waals surface area contributed by atoms with Crippen LogP contribution in [0.4, 0.5) is 11.4 Å². The number of carbonyl (C=O) groups is 2. The number of aliphatic hydroxyl groups is 1. The standard InChI is InChI=1S/C20H20N6O3/c27-9-17(28)25-12-20(13-25)10-24(11-20)15-4-2-14(3-5-15)23-19(29)16-8-22-26-7-1-6-21-18(16)26/h1-8,27H,9-13H2,(H,23,29). The Bertz CT molecular complexity index is 1080. The number of aromatic nitrogens is 3. The van der Waals surface area contributed by atoms with Crippen LogP contribution in [0.3, 0.4) is 0 Å². The van der Waals surface area contributed by atoms with Crippen molar-refractivity contribution in [3.63, 3.8) is 0 Å². The van der Waals surface area contributed by atoms with Crippen LogP contribution in [0.1, 0.15) is 10.4 Å². The van der Waals surface area contributed by atoms with E-state index in [1.807, 2.05) is 24.3 Å². The predicted octanol–water partition coefficient (Wildman–Crippen LogP) is 0.622. The molecule has 2 aliphatic rings. The number of fused-ring (bicyclic) bond motifs is 1. The number of nitrogens with zero attached hydrogens (tertiary/aromatic N) is 5. The van der Waals surface area contributed by atoms with E-state index < -0.39 is 6.61 Å². The molecule has 0 aliphatic carbocycles. The number of benzene rings is 1. The van der Waals surface area contributed by atoms with Gasteiger partial charge in [-0.05, 0) is 30.3 Å². The van der Waals surface area contributed by atoms with Gasteiger partial charge in [0.15, 0.2) is 5.65 Å². The van der Waals surface area contributed by atoms with Crippen molar-refractivity contribution in [2.24, 2.45) is 5.41 Å². The Kier molecular flexibility index (Phi) is 3.99. The minimum atomic E-state index is -0.418. The van der Waals surface area contributed by atoms with E-state index in [9.17, 15) is 9.59 Å². The second kappa shape index (κ2) is 6.56. The summed E-state index contributed by atoms with van der Waals surface area (Å²) >= 11 is 0. The van der Waals surface area contributed by atoms with Crippen LogP contribution in [0.15, 0.2) is 48.9 Å². The first-order valence-electron chi connectivity index (χ1n) is 9.40. The zero-order valence-corrected chi connectivity index (χ0v) is 15.7. The Morgan fingerprint density at radius 2 is 1.90 bits per heavy atom. The molecule has 2 N–H and O–H groups in total. The Hall–Kier alpha value is -3.46. The fourth-order valence-electron chi connectivity index (χ4n) is 4.13. The third-order valence-electron chi connectivity index (χ3n) is 5.61. The number of rotatable bonds is 4. The van der Waals surface area contributed by atoms with Crippen molar-refractivity contribution in [2.75, 3.05) is 43.0 Å². The monoisotopic (exact) mass is 392 g/mol. The van der Waals surface area contributed by atoms with E-state index in [1.54, 1.807) is 27.9 Å². The van der Waals surface area contributed by atoms with Gasteiger partial charge in [-0.25, -0.2) is 9.50 Å². The smallest absolute Gasteiger partial charge is 0.261 e. The number of hydrogen-bond donors (Lipinski definition) is 2. The molecule has 29 heavy (non-hydrogen) atoms. The molecule has 2 aromatic heterocycles. The van der Waals surface area contributed by atoms with Crippen molar-refractivity contribution in [1.82, 2.24) is 19.5 Å². The topological polar surface area (TPSA) is 103 Å². The first-order valence-corrected chi connectivity index (χ1v) is 9.40. The Labute approximate surface area is 166 Å². The highest BCUT2D eigenvalue weighted by Gasteiger charge is 2.52. The molecule has 3 aromatic rings. The molecule has 2 fully saturated rings. The fraction of sp³-hybridized carbons (Fsp3) is 0.300. The molecule has 9 nitrogen and oxygen atoms in total. The Morgan fingerprint density at radius 3 is 2.62 bits per heavy atom. The molecule has 5 rings (SSSR count). The minimum absolute atomic E-state index is 0.161. The van der Waals surface area contributed by atoms with Crippen LogP contribution in [0, 0.1) is 5.41 Å². The van der Waals surface area contributed by atoms with Gasteiger partial charge in [-0.15, -0.1) is 0 Å². The van der Waals surface area contributed by atoms with Gasteiger partial charge >= 0.3 is 0 Å². The average molecular weight is 392 g/mol. The van der Waals surface area contributed by atoms with Crippen molar-refractivity contribution in [3.05, 3.63) is 54.5 Å². The second-order valence-corrected chi connectivity index (χ2v) is 7.71. The van der Waals surface area contributed by atoms with Crippen LogP contribution in [0.2, 0.25) is 0 Å². The van der Waals surface area contributed by atoms with Crippen molar-refractivity contribution in [3.8, 4) is 0 Å². The maximum atomic E-state index is 12.6. The van der Waals surface area contributed by atoms with Gasteiger partial charge in [0.1, 0.15) is 12.2 Å². The van der Waals surface area contributed by atoms with Gasteiger partial charge in [0.25, 0.3) is 5.91 Å². The van der Waals surface area contributed by atoms with Gasteiger partial charge in [0, 0.05) is 55.4 Å². The number of aliphatic hydroxyl groups excluding tert-OH is 1. The van der Waals surface area contributed by atoms with Crippen molar-refractivity contribution < 1.29 is 14.7 Å². The summed E-state index contributed by atoms with van der Waals surface area (Å²) in [4.78, 5) is 32.2. The number of hydrogen-bond acceptors (Lipinski definition) is 6. The van der Waals surface area contributed by atoms with E-state index in [2.05, 4.69) is 20.3 Å². The zero-order valence-electron chi connectivity index (χ0n) is 15.7. The quantitative estimate of drug-likeness (QED) is 0.675. The van der Waals surface area contributed by atoms with Crippen molar-refractivity contribution in [1.29, 1.82) is 0 Å². The summed E-state index contributed by atoms with van der Waals surface area (Å²) in [7, 11) is 0. The molecular weight excluding hydrogens is 372 g/mol. The molecule has 0 radical (unpaired) electrons. The van der Waals surface area contributed by atoms with Crippen LogP contribution in [-0.2, 0) is 4.79 Å². The van der Waals surface area contributed by atoms with Gasteiger partial charge in [-0.1, -0.05) is 0 Å². The third-order valence-corrected chi connectivity index (χ3v) is 5.61. The lowest BCUT2D eigenvalue weighted by Crippen LogP contribution is -2.73. The fourth-order valence-corrected chi connectivity index (χ4v) is 4.13. The lowest BCUT2D eigenvalue weighted by molar-refractivity contribution is -0.148.